The minimum absolute atomic E-state index is 0.0346. The lowest BCUT2D eigenvalue weighted by atomic mass is 10.1. The van der Waals surface area contributed by atoms with Crippen molar-refractivity contribution in [3.05, 3.63) is 52.3 Å². The van der Waals surface area contributed by atoms with Crippen LogP contribution in [-0.4, -0.2) is 21.2 Å². The minimum Gasteiger partial charge on any atom is -0.383 e. The number of carbonyl (C=O) groups excluding carboxylic acids is 1. The normalized spacial score (nSPS) is 10.5. The van der Waals surface area contributed by atoms with Gasteiger partial charge in [0.15, 0.2) is 5.69 Å². The van der Waals surface area contributed by atoms with Crippen LogP contribution in [0.4, 0.5) is 11.6 Å². The van der Waals surface area contributed by atoms with Gasteiger partial charge >= 0.3 is 0 Å². The number of anilines is 2. The summed E-state index contributed by atoms with van der Waals surface area (Å²) in [7, 11) is 0. The van der Waals surface area contributed by atoms with E-state index in [4.69, 9.17) is 28.9 Å². The smallest absolute Gasteiger partial charge is 0.280 e. The zero-order valence-electron chi connectivity index (χ0n) is 11.5. The van der Waals surface area contributed by atoms with E-state index in [9.17, 15) is 4.79 Å². The van der Waals surface area contributed by atoms with Gasteiger partial charge in [0.2, 0.25) is 0 Å². The number of pyridine rings is 1. The number of benzene rings is 1. The molecule has 3 aromatic rings. The molecule has 0 aliphatic rings. The lowest BCUT2D eigenvalue weighted by Crippen LogP contribution is -2.13. The van der Waals surface area contributed by atoms with Crippen LogP contribution in [0.15, 0.2) is 41.2 Å². The van der Waals surface area contributed by atoms with E-state index in [1.165, 1.54) is 6.20 Å². The Morgan fingerprint density at radius 2 is 2.00 bits per heavy atom. The number of halogens is 2. The molecule has 0 fully saturated rings. The van der Waals surface area contributed by atoms with E-state index in [1.54, 1.807) is 30.3 Å². The summed E-state index contributed by atoms with van der Waals surface area (Å²) < 4.78 is 4.37. The molecule has 0 radical (unpaired) electrons. The Morgan fingerprint density at radius 3 is 2.70 bits per heavy atom. The highest BCUT2D eigenvalue weighted by Gasteiger charge is 2.13. The Labute approximate surface area is 140 Å². The van der Waals surface area contributed by atoms with E-state index in [2.05, 4.69) is 25.2 Å². The molecule has 1 aromatic carbocycles. The molecule has 3 N–H and O–H groups in total. The number of nitrogens with one attached hydrogen (secondary N) is 1. The van der Waals surface area contributed by atoms with Crippen LogP contribution < -0.4 is 11.1 Å². The van der Waals surface area contributed by atoms with Gasteiger partial charge in [-0.25, -0.2) is 9.61 Å². The van der Waals surface area contributed by atoms with Crippen molar-refractivity contribution in [2.45, 2.75) is 0 Å². The fourth-order valence-corrected chi connectivity index (χ4v) is 2.31. The lowest BCUT2D eigenvalue weighted by molar-refractivity contribution is 0.101. The molecule has 0 unspecified atom stereocenters. The van der Waals surface area contributed by atoms with Crippen LogP contribution in [0, 0.1) is 0 Å². The highest BCUT2D eigenvalue weighted by molar-refractivity contribution is 6.35. The largest absolute Gasteiger partial charge is 0.383 e. The minimum atomic E-state index is -0.508. The summed E-state index contributed by atoms with van der Waals surface area (Å²) in [6.07, 6.45) is 1.19. The lowest BCUT2D eigenvalue weighted by Gasteiger charge is -2.10. The molecule has 7 nitrogen and oxygen atoms in total. The van der Waals surface area contributed by atoms with Gasteiger partial charge in [-0.3, -0.25) is 4.79 Å². The molecule has 9 heteroatoms. The van der Waals surface area contributed by atoms with Crippen molar-refractivity contribution in [1.29, 1.82) is 0 Å². The highest BCUT2D eigenvalue weighted by Crippen LogP contribution is 2.33. The summed E-state index contributed by atoms with van der Waals surface area (Å²) in [5.74, 6) is -0.0469. The van der Waals surface area contributed by atoms with E-state index < -0.39 is 5.91 Å². The molecule has 0 spiro atoms. The molecule has 0 saturated carbocycles. The average Bonchev–Trinajstić information content (AvgIpc) is 3.05. The molecule has 0 aliphatic heterocycles. The second-order valence-electron chi connectivity index (χ2n) is 4.50. The number of aromatic nitrogens is 3. The van der Waals surface area contributed by atoms with Crippen molar-refractivity contribution in [2.75, 3.05) is 11.1 Å². The first-order valence-electron chi connectivity index (χ1n) is 6.35. The van der Waals surface area contributed by atoms with Crippen molar-refractivity contribution in [2.24, 2.45) is 0 Å². The van der Waals surface area contributed by atoms with E-state index >= 15 is 0 Å². The number of hydrogen-bond acceptors (Lipinski definition) is 6. The molecule has 1 amide bonds. The van der Waals surface area contributed by atoms with E-state index in [0.29, 0.717) is 21.2 Å². The number of hydrogen-bond donors (Lipinski definition) is 2. The molecule has 2 aromatic heterocycles. The molecule has 2 heterocycles. The van der Waals surface area contributed by atoms with Crippen LogP contribution in [0.1, 0.15) is 10.5 Å². The Bertz CT molecular complexity index is 868. The van der Waals surface area contributed by atoms with Crippen molar-refractivity contribution in [1.82, 2.24) is 15.3 Å². The third kappa shape index (κ3) is 3.25. The second-order valence-corrected chi connectivity index (χ2v) is 5.34. The Balaban J connectivity index is 1.89. The van der Waals surface area contributed by atoms with Gasteiger partial charge in [-0.05, 0) is 35.5 Å². The van der Waals surface area contributed by atoms with E-state index in [1.807, 2.05) is 0 Å². The zero-order chi connectivity index (χ0) is 16.4. The molecule has 3 rings (SSSR count). The van der Waals surface area contributed by atoms with Gasteiger partial charge in [-0.1, -0.05) is 28.4 Å². The Kier molecular flexibility index (Phi) is 4.14. The van der Waals surface area contributed by atoms with Gasteiger partial charge < -0.3 is 11.1 Å². The van der Waals surface area contributed by atoms with Gasteiger partial charge in [0.05, 0.1) is 0 Å². The van der Waals surface area contributed by atoms with Crippen LogP contribution in [0.3, 0.4) is 0 Å². The average molecular weight is 350 g/mol. The van der Waals surface area contributed by atoms with Gasteiger partial charge in [-0.15, -0.1) is 0 Å². The first-order chi connectivity index (χ1) is 11.0. The van der Waals surface area contributed by atoms with E-state index in [-0.39, 0.29) is 17.3 Å². The quantitative estimate of drug-likeness (QED) is 0.751. The van der Waals surface area contributed by atoms with Gasteiger partial charge in [-0.2, -0.15) is 0 Å². The van der Waals surface area contributed by atoms with Crippen LogP contribution >= 0.6 is 23.2 Å². The standard InChI is InChI=1S/C14H9Cl2N5O2/c15-7-1-3-10(16)9(5-7)8-2-4-12(19-13(8)17)20-14(22)11-6-18-23-21-11/h1-6H,(H3,17,19,20,22). The molecule has 0 atom stereocenters. The maximum Gasteiger partial charge on any atom is 0.280 e. The van der Waals surface area contributed by atoms with Crippen molar-refractivity contribution in [3.63, 3.8) is 0 Å². The monoisotopic (exact) mass is 349 g/mol. The predicted molar refractivity (Wildman–Crippen MR) is 86.4 cm³/mol. The zero-order valence-corrected chi connectivity index (χ0v) is 13.0. The summed E-state index contributed by atoms with van der Waals surface area (Å²) in [5.41, 5.74) is 7.26. The molecule has 0 saturated heterocycles. The third-order valence-electron chi connectivity index (χ3n) is 2.98. The summed E-state index contributed by atoms with van der Waals surface area (Å²) in [6, 6.07) is 8.32. The summed E-state index contributed by atoms with van der Waals surface area (Å²) in [5, 5.41) is 10.3. The first-order valence-corrected chi connectivity index (χ1v) is 7.11. The van der Waals surface area contributed by atoms with Crippen LogP contribution in [0.2, 0.25) is 10.0 Å². The number of rotatable bonds is 3. The van der Waals surface area contributed by atoms with Gasteiger partial charge in [0.25, 0.3) is 5.91 Å². The van der Waals surface area contributed by atoms with Crippen LogP contribution in [-0.2, 0) is 0 Å². The molecular weight excluding hydrogens is 341 g/mol. The van der Waals surface area contributed by atoms with Crippen molar-refractivity contribution in [3.8, 4) is 11.1 Å². The topological polar surface area (TPSA) is 107 Å². The Hall–Kier alpha value is -2.64. The number of carbonyl (C=O) groups is 1. The fraction of sp³-hybridized carbons (Fsp3) is 0. The van der Waals surface area contributed by atoms with E-state index in [0.717, 1.165) is 0 Å². The van der Waals surface area contributed by atoms with Gasteiger partial charge in [0.1, 0.15) is 17.8 Å². The number of nitrogens with two attached hydrogens (primary N) is 1. The second kappa shape index (κ2) is 6.23. The molecule has 0 bridgehead atoms. The summed E-state index contributed by atoms with van der Waals surface area (Å²) in [6.45, 7) is 0. The first kappa shape index (κ1) is 15.3. The maximum absolute atomic E-state index is 11.8. The maximum atomic E-state index is 11.8. The molecule has 0 aliphatic carbocycles. The molecular formula is C14H9Cl2N5O2. The van der Waals surface area contributed by atoms with Crippen LogP contribution in [0.5, 0.6) is 0 Å². The summed E-state index contributed by atoms with van der Waals surface area (Å²) >= 11 is 12.1. The SMILES string of the molecule is Nc1nc(NC(=O)c2cnon2)ccc1-c1cc(Cl)ccc1Cl. The number of nitrogen functional groups attached to an aromatic ring is 1. The Morgan fingerprint density at radius 1 is 1.17 bits per heavy atom. The fourth-order valence-electron chi connectivity index (χ4n) is 1.92. The molecule has 116 valence electrons. The summed E-state index contributed by atoms with van der Waals surface area (Å²) in [4.78, 5) is 16.0. The van der Waals surface area contributed by atoms with Crippen LogP contribution in [0.25, 0.3) is 11.1 Å². The third-order valence-corrected chi connectivity index (χ3v) is 3.54. The predicted octanol–water partition coefficient (Wildman–Crippen LogP) is 3.27. The highest BCUT2D eigenvalue weighted by atomic mass is 35.5. The van der Waals surface area contributed by atoms with Crippen molar-refractivity contribution >= 4 is 40.7 Å². The molecule has 23 heavy (non-hydrogen) atoms. The van der Waals surface area contributed by atoms with Gasteiger partial charge in [0, 0.05) is 21.2 Å². The number of amides is 1. The van der Waals surface area contributed by atoms with Crippen molar-refractivity contribution < 1.29 is 9.42 Å². The number of nitrogens with zero attached hydrogens (tertiary/aromatic N) is 3.